The molecule has 0 unspecified atom stereocenters. The zero-order valence-corrected chi connectivity index (χ0v) is 17.6. The minimum atomic E-state index is -0.425. The van der Waals surface area contributed by atoms with Gasteiger partial charge in [0, 0.05) is 10.1 Å². The zero-order valence-electron chi connectivity index (χ0n) is 16.8. The third kappa shape index (κ3) is 5.51. The number of rotatable bonds is 8. The highest BCUT2D eigenvalue weighted by atomic mass is 32.2. The number of hydrogen-bond donors (Lipinski definition) is 1. The Morgan fingerprint density at radius 1 is 1.10 bits per heavy atom. The Balaban J connectivity index is 1.67. The Morgan fingerprint density at radius 3 is 2.52 bits per heavy atom. The summed E-state index contributed by atoms with van der Waals surface area (Å²) >= 11 is 1.81. The molecular formula is C21H23N3O4S. The SMILES string of the molecule is COc1ccc(OC)c(C(=O)Nc2nnc(Cc3ccc(SC(C)C)cc3)o2)c1. The molecule has 152 valence electrons. The second-order valence-corrected chi connectivity index (χ2v) is 8.16. The van der Waals surface area contributed by atoms with E-state index in [1.54, 1.807) is 18.2 Å². The number of nitrogens with zero attached hydrogens (tertiary/aromatic N) is 2. The van der Waals surface area contributed by atoms with Crippen LogP contribution in [0.25, 0.3) is 0 Å². The monoisotopic (exact) mass is 413 g/mol. The summed E-state index contributed by atoms with van der Waals surface area (Å²) in [5.74, 6) is 0.955. The van der Waals surface area contributed by atoms with Crippen molar-refractivity contribution in [1.29, 1.82) is 0 Å². The molecule has 0 bridgehead atoms. The van der Waals surface area contributed by atoms with E-state index >= 15 is 0 Å². The molecule has 3 rings (SSSR count). The number of carbonyl (C=O) groups excluding carboxylic acids is 1. The molecule has 2 aromatic carbocycles. The maximum Gasteiger partial charge on any atom is 0.322 e. The number of amides is 1. The molecule has 0 fully saturated rings. The Morgan fingerprint density at radius 2 is 1.86 bits per heavy atom. The van der Waals surface area contributed by atoms with Crippen LogP contribution in [0.4, 0.5) is 6.01 Å². The molecule has 1 N–H and O–H groups in total. The van der Waals surface area contributed by atoms with Gasteiger partial charge in [0.05, 0.1) is 26.2 Å². The van der Waals surface area contributed by atoms with E-state index in [4.69, 9.17) is 13.9 Å². The molecule has 1 heterocycles. The van der Waals surface area contributed by atoms with Crippen molar-refractivity contribution < 1.29 is 18.7 Å². The number of methoxy groups -OCH3 is 2. The molecule has 1 aromatic heterocycles. The summed E-state index contributed by atoms with van der Waals surface area (Å²) in [6.07, 6.45) is 0.484. The number of carbonyl (C=O) groups is 1. The highest BCUT2D eigenvalue weighted by Gasteiger charge is 2.17. The van der Waals surface area contributed by atoms with Crippen LogP contribution in [0.15, 0.2) is 51.8 Å². The van der Waals surface area contributed by atoms with Gasteiger partial charge in [0.25, 0.3) is 5.91 Å². The van der Waals surface area contributed by atoms with Gasteiger partial charge in [-0.15, -0.1) is 16.9 Å². The number of anilines is 1. The van der Waals surface area contributed by atoms with E-state index in [0.29, 0.717) is 34.6 Å². The second kappa shape index (κ2) is 9.47. The van der Waals surface area contributed by atoms with Crippen LogP contribution in [0.2, 0.25) is 0 Å². The lowest BCUT2D eigenvalue weighted by molar-refractivity contribution is 0.102. The van der Waals surface area contributed by atoms with Crippen LogP contribution in [0.3, 0.4) is 0 Å². The van der Waals surface area contributed by atoms with Gasteiger partial charge in [-0.05, 0) is 35.9 Å². The quantitative estimate of drug-likeness (QED) is 0.547. The molecule has 29 heavy (non-hydrogen) atoms. The molecule has 0 spiro atoms. The molecule has 1 amide bonds. The standard InChI is InChI=1S/C21H23N3O4S/c1-13(2)29-16-8-5-14(6-9-16)11-19-23-24-21(28-19)22-20(25)17-12-15(26-3)7-10-18(17)27-4/h5-10,12-13H,11H2,1-4H3,(H,22,24,25). The largest absolute Gasteiger partial charge is 0.497 e. The summed E-state index contributed by atoms with van der Waals surface area (Å²) in [5.41, 5.74) is 1.36. The average Bonchev–Trinajstić information content (AvgIpc) is 3.15. The van der Waals surface area contributed by atoms with E-state index in [1.165, 1.54) is 19.1 Å². The fraction of sp³-hybridized carbons (Fsp3) is 0.286. The van der Waals surface area contributed by atoms with Crippen molar-refractivity contribution in [3.05, 3.63) is 59.5 Å². The number of hydrogen-bond acceptors (Lipinski definition) is 7. The molecule has 8 heteroatoms. The van der Waals surface area contributed by atoms with Crippen LogP contribution in [0, 0.1) is 0 Å². The average molecular weight is 413 g/mol. The van der Waals surface area contributed by atoms with Gasteiger partial charge in [0.15, 0.2) is 0 Å². The third-order valence-electron chi connectivity index (χ3n) is 3.99. The molecule has 7 nitrogen and oxygen atoms in total. The summed E-state index contributed by atoms with van der Waals surface area (Å²) in [6, 6.07) is 13.2. The zero-order chi connectivity index (χ0) is 20.8. The first-order valence-corrected chi connectivity index (χ1v) is 9.98. The molecular weight excluding hydrogens is 390 g/mol. The number of benzene rings is 2. The number of nitrogens with one attached hydrogen (secondary N) is 1. The third-order valence-corrected chi connectivity index (χ3v) is 5.00. The van der Waals surface area contributed by atoms with Crippen LogP contribution in [0.1, 0.15) is 35.7 Å². The summed E-state index contributed by atoms with van der Waals surface area (Å²) in [5, 5.41) is 11.1. The first-order chi connectivity index (χ1) is 14.0. The molecule has 0 atom stereocenters. The van der Waals surface area contributed by atoms with E-state index in [2.05, 4.69) is 41.5 Å². The van der Waals surface area contributed by atoms with Gasteiger partial charge in [-0.2, -0.15) is 0 Å². The van der Waals surface area contributed by atoms with Crippen molar-refractivity contribution in [2.45, 2.75) is 30.4 Å². The minimum Gasteiger partial charge on any atom is -0.497 e. The fourth-order valence-corrected chi connectivity index (χ4v) is 3.50. The number of aromatic nitrogens is 2. The summed E-state index contributed by atoms with van der Waals surface area (Å²) in [7, 11) is 3.02. The lowest BCUT2D eigenvalue weighted by Crippen LogP contribution is -2.13. The molecule has 0 aliphatic carbocycles. The molecule has 0 saturated carbocycles. The van der Waals surface area contributed by atoms with E-state index in [1.807, 2.05) is 23.9 Å². The predicted molar refractivity (Wildman–Crippen MR) is 112 cm³/mol. The fourth-order valence-electron chi connectivity index (χ4n) is 2.66. The van der Waals surface area contributed by atoms with Crippen molar-refractivity contribution in [2.24, 2.45) is 0 Å². The van der Waals surface area contributed by atoms with Crippen molar-refractivity contribution in [1.82, 2.24) is 10.2 Å². The second-order valence-electron chi connectivity index (χ2n) is 6.51. The van der Waals surface area contributed by atoms with Gasteiger partial charge in [-0.25, -0.2) is 0 Å². The molecule has 0 aliphatic rings. The van der Waals surface area contributed by atoms with Crippen LogP contribution in [0.5, 0.6) is 11.5 Å². The van der Waals surface area contributed by atoms with Gasteiger partial charge < -0.3 is 13.9 Å². The molecule has 0 radical (unpaired) electrons. The first kappa shape index (κ1) is 20.7. The Hall–Kier alpha value is -3.00. The highest BCUT2D eigenvalue weighted by Crippen LogP contribution is 2.25. The van der Waals surface area contributed by atoms with Crippen LogP contribution < -0.4 is 14.8 Å². The van der Waals surface area contributed by atoms with E-state index in [9.17, 15) is 4.79 Å². The van der Waals surface area contributed by atoms with Gasteiger partial charge in [0.2, 0.25) is 5.89 Å². The smallest absolute Gasteiger partial charge is 0.322 e. The topological polar surface area (TPSA) is 86.5 Å². The maximum absolute atomic E-state index is 12.6. The lowest BCUT2D eigenvalue weighted by atomic mass is 10.1. The van der Waals surface area contributed by atoms with E-state index in [0.717, 1.165) is 5.56 Å². The first-order valence-electron chi connectivity index (χ1n) is 9.10. The van der Waals surface area contributed by atoms with Gasteiger partial charge in [0.1, 0.15) is 11.5 Å². The van der Waals surface area contributed by atoms with Gasteiger partial charge in [-0.1, -0.05) is 31.1 Å². The summed E-state index contributed by atoms with van der Waals surface area (Å²) in [4.78, 5) is 13.8. The maximum atomic E-state index is 12.6. The van der Waals surface area contributed by atoms with Crippen molar-refractivity contribution >= 4 is 23.7 Å². The molecule has 0 saturated heterocycles. The van der Waals surface area contributed by atoms with Crippen LogP contribution >= 0.6 is 11.8 Å². The Labute approximate surface area is 173 Å². The van der Waals surface area contributed by atoms with Crippen molar-refractivity contribution in [2.75, 3.05) is 19.5 Å². The Kier molecular flexibility index (Phi) is 6.77. The lowest BCUT2D eigenvalue weighted by Gasteiger charge is -2.09. The predicted octanol–water partition coefficient (Wildman–Crippen LogP) is 4.43. The van der Waals surface area contributed by atoms with E-state index < -0.39 is 5.91 Å². The minimum absolute atomic E-state index is 0.0295. The molecule has 3 aromatic rings. The normalized spacial score (nSPS) is 10.8. The van der Waals surface area contributed by atoms with Gasteiger partial charge in [-0.3, -0.25) is 10.1 Å². The van der Waals surface area contributed by atoms with Gasteiger partial charge >= 0.3 is 6.01 Å². The summed E-state index contributed by atoms with van der Waals surface area (Å²) < 4.78 is 16.0. The number of thioether (sulfide) groups is 1. The molecule has 0 aliphatic heterocycles. The van der Waals surface area contributed by atoms with Crippen LogP contribution in [-0.2, 0) is 6.42 Å². The summed E-state index contributed by atoms with van der Waals surface area (Å²) in [6.45, 7) is 4.32. The van der Waals surface area contributed by atoms with Crippen molar-refractivity contribution in [3.8, 4) is 11.5 Å². The van der Waals surface area contributed by atoms with Crippen molar-refractivity contribution in [3.63, 3.8) is 0 Å². The van der Waals surface area contributed by atoms with E-state index in [-0.39, 0.29) is 6.01 Å². The Bertz CT molecular complexity index is 970. The number of ether oxygens (including phenoxy) is 2. The van der Waals surface area contributed by atoms with Crippen LogP contribution in [-0.4, -0.2) is 35.6 Å². The highest BCUT2D eigenvalue weighted by molar-refractivity contribution is 7.99.